The average Bonchev–Trinajstić information content (AvgIpc) is 2.52. The van der Waals surface area contributed by atoms with Crippen molar-refractivity contribution in [3.05, 3.63) is 23.8 Å². The zero-order valence-corrected chi connectivity index (χ0v) is 13.6. The van der Waals surface area contributed by atoms with Gasteiger partial charge in [0.1, 0.15) is 10.6 Å². The van der Waals surface area contributed by atoms with E-state index in [1.165, 1.54) is 29.6 Å². The fourth-order valence-corrected chi connectivity index (χ4v) is 4.68. The summed E-state index contributed by atoms with van der Waals surface area (Å²) in [5.74, 6) is -1.09. The molecule has 126 valence electrons. The number of morpholine rings is 1. The third kappa shape index (κ3) is 2.82. The van der Waals surface area contributed by atoms with Crippen molar-refractivity contribution in [2.24, 2.45) is 0 Å². The molecule has 1 aliphatic heterocycles. The first-order valence-electron chi connectivity index (χ1n) is 7.43. The number of methoxy groups -OCH3 is 1. The predicted octanol–water partition coefficient (Wildman–Crippen LogP) is 1.34. The van der Waals surface area contributed by atoms with E-state index < -0.39 is 16.0 Å². The quantitative estimate of drug-likeness (QED) is 0.888. The Labute approximate surface area is 134 Å². The summed E-state index contributed by atoms with van der Waals surface area (Å²) < 4.78 is 38.1. The third-order valence-corrected chi connectivity index (χ3v) is 6.39. The Kier molecular flexibility index (Phi) is 4.07. The summed E-state index contributed by atoms with van der Waals surface area (Å²) in [4.78, 5) is 11.0. The van der Waals surface area contributed by atoms with Crippen LogP contribution in [-0.4, -0.2) is 56.2 Å². The normalized spacial score (nSPS) is 20.9. The molecule has 0 atom stereocenters. The van der Waals surface area contributed by atoms with Gasteiger partial charge in [-0.05, 0) is 37.5 Å². The minimum absolute atomic E-state index is 0.0126. The van der Waals surface area contributed by atoms with Gasteiger partial charge in [0.05, 0.1) is 24.9 Å². The van der Waals surface area contributed by atoms with Gasteiger partial charge in [0, 0.05) is 13.1 Å². The monoisotopic (exact) mass is 341 g/mol. The number of nitrogens with zero attached hydrogens (tertiary/aromatic N) is 1. The van der Waals surface area contributed by atoms with Crippen LogP contribution < -0.4 is 4.74 Å². The first-order chi connectivity index (χ1) is 10.9. The Balaban J connectivity index is 1.94. The van der Waals surface area contributed by atoms with Gasteiger partial charge in [0.25, 0.3) is 0 Å². The topological polar surface area (TPSA) is 93.1 Å². The number of ether oxygens (including phenoxy) is 2. The van der Waals surface area contributed by atoms with Crippen molar-refractivity contribution in [3.63, 3.8) is 0 Å². The first-order valence-corrected chi connectivity index (χ1v) is 8.87. The van der Waals surface area contributed by atoms with Crippen LogP contribution in [0.5, 0.6) is 5.75 Å². The van der Waals surface area contributed by atoms with Crippen LogP contribution in [0.3, 0.4) is 0 Å². The summed E-state index contributed by atoms with van der Waals surface area (Å²) in [6.45, 7) is 0.988. The highest BCUT2D eigenvalue weighted by Crippen LogP contribution is 2.40. The van der Waals surface area contributed by atoms with E-state index in [9.17, 15) is 13.2 Å². The van der Waals surface area contributed by atoms with Crippen LogP contribution in [0, 0.1) is 0 Å². The number of carbonyl (C=O) groups is 1. The zero-order valence-electron chi connectivity index (χ0n) is 12.8. The molecule has 1 aromatic rings. The van der Waals surface area contributed by atoms with Crippen molar-refractivity contribution in [2.45, 2.75) is 29.8 Å². The van der Waals surface area contributed by atoms with Crippen molar-refractivity contribution >= 4 is 16.0 Å². The van der Waals surface area contributed by atoms with Crippen molar-refractivity contribution in [2.75, 3.05) is 26.8 Å². The number of carboxylic acid groups (broad SMARTS) is 1. The maximum Gasteiger partial charge on any atom is 0.335 e. The van der Waals surface area contributed by atoms with Gasteiger partial charge in [0.15, 0.2) is 0 Å². The molecule has 1 saturated heterocycles. The summed E-state index contributed by atoms with van der Waals surface area (Å²) in [5.41, 5.74) is -0.363. The molecule has 0 aromatic heterocycles. The lowest BCUT2D eigenvalue weighted by Gasteiger charge is -2.47. The number of rotatable bonds is 4. The molecule has 3 rings (SSSR count). The Morgan fingerprint density at radius 3 is 2.70 bits per heavy atom. The van der Waals surface area contributed by atoms with Crippen LogP contribution in [-0.2, 0) is 14.8 Å². The fraction of sp³-hybridized carbons (Fsp3) is 0.533. The Bertz CT molecular complexity index is 725. The molecule has 1 spiro atoms. The number of aromatic carboxylic acids is 1. The second kappa shape index (κ2) is 5.77. The molecule has 23 heavy (non-hydrogen) atoms. The van der Waals surface area contributed by atoms with Gasteiger partial charge in [-0.2, -0.15) is 4.31 Å². The summed E-state index contributed by atoms with van der Waals surface area (Å²) >= 11 is 0. The van der Waals surface area contributed by atoms with E-state index in [1.54, 1.807) is 0 Å². The van der Waals surface area contributed by atoms with Crippen LogP contribution in [0.25, 0.3) is 0 Å². The van der Waals surface area contributed by atoms with Gasteiger partial charge in [-0.1, -0.05) is 0 Å². The summed E-state index contributed by atoms with van der Waals surface area (Å²) in [7, 11) is -2.43. The standard InChI is InChI=1S/C15H19NO6S/c1-21-12-9-11(14(17)18)3-4-13(12)23(19,20)16-7-8-22-15(10-16)5-2-6-15/h3-4,9H,2,5-8,10H2,1H3,(H,17,18). The molecule has 1 heterocycles. The SMILES string of the molecule is COc1cc(C(=O)O)ccc1S(=O)(=O)N1CCOC2(CCC2)C1. The smallest absolute Gasteiger partial charge is 0.335 e. The van der Waals surface area contributed by atoms with Gasteiger partial charge >= 0.3 is 5.97 Å². The van der Waals surface area contributed by atoms with Crippen LogP contribution in [0.4, 0.5) is 0 Å². The second-order valence-corrected chi connectivity index (χ2v) is 7.80. The molecule has 0 bridgehead atoms. The summed E-state index contributed by atoms with van der Waals surface area (Å²) in [6.07, 6.45) is 2.78. The van der Waals surface area contributed by atoms with E-state index in [0.29, 0.717) is 13.2 Å². The number of benzene rings is 1. The Hall–Kier alpha value is -1.64. The number of hydrogen-bond donors (Lipinski definition) is 1. The molecule has 1 N–H and O–H groups in total. The van der Waals surface area contributed by atoms with Crippen molar-refractivity contribution < 1.29 is 27.8 Å². The Morgan fingerprint density at radius 1 is 1.39 bits per heavy atom. The van der Waals surface area contributed by atoms with Crippen LogP contribution >= 0.6 is 0 Å². The summed E-state index contributed by atoms with van der Waals surface area (Å²) in [5, 5.41) is 9.02. The molecule has 2 fully saturated rings. The number of carboxylic acids is 1. The van der Waals surface area contributed by atoms with Crippen LogP contribution in [0.2, 0.25) is 0 Å². The second-order valence-electron chi connectivity index (χ2n) is 5.89. The molecule has 1 saturated carbocycles. The molecule has 0 unspecified atom stereocenters. The Morgan fingerprint density at radius 2 is 2.13 bits per heavy atom. The van der Waals surface area contributed by atoms with Gasteiger partial charge in [-0.25, -0.2) is 13.2 Å². The van der Waals surface area contributed by atoms with Crippen LogP contribution in [0.1, 0.15) is 29.6 Å². The van der Waals surface area contributed by atoms with Gasteiger partial charge in [-0.15, -0.1) is 0 Å². The molecule has 8 heteroatoms. The highest BCUT2D eigenvalue weighted by atomic mass is 32.2. The molecular formula is C15H19NO6S. The molecule has 0 amide bonds. The zero-order chi connectivity index (χ0) is 16.7. The number of hydrogen-bond acceptors (Lipinski definition) is 5. The lowest BCUT2D eigenvalue weighted by Crippen LogP contribution is -2.56. The number of sulfonamides is 1. The molecule has 1 aromatic carbocycles. The maximum absolute atomic E-state index is 12.9. The van der Waals surface area contributed by atoms with E-state index in [2.05, 4.69) is 0 Å². The minimum Gasteiger partial charge on any atom is -0.495 e. The minimum atomic E-state index is -3.76. The molecular weight excluding hydrogens is 322 g/mol. The van der Waals surface area contributed by atoms with Gasteiger partial charge in [0.2, 0.25) is 10.0 Å². The average molecular weight is 341 g/mol. The molecule has 2 aliphatic rings. The predicted molar refractivity (Wildman–Crippen MR) is 81.2 cm³/mol. The lowest BCUT2D eigenvalue weighted by atomic mass is 9.79. The first kappa shape index (κ1) is 16.2. The van der Waals surface area contributed by atoms with E-state index in [-0.39, 0.29) is 28.4 Å². The van der Waals surface area contributed by atoms with Gasteiger partial charge < -0.3 is 14.6 Å². The van der Waals surface area contributed by atoms with Crippen molar-refractivity contribution in [1.82, 2.24) is 4.31 Å². The molecule has 7 nitrogen and oxygen atoms in total. The van der Waals surface area contributed by atoms with Crippen molar-refractivity contribution in [1.29, 1.82) is 0 Å². The largest absolute Gasteiger partial charge is 0.495 e. The third-order valence-electron chi connectivity index (χ3n) is 4.51. The van der Waals surface area contributed by atoms with E-state index in [4.69, 9.17) is 14.6 Å². The highest BCUT2D eigenvalue weighted by molar-refractivity contribution is 7.89. The van der Waals surface area contributed by atoms with Crippen molar-refractivity contribution in [3.8, 4) is 5.75 Å². The maximum atomic E-state index is 12.9. The fourth-order valence-electron chi connectivity index (χ4n) is 3.04. The molecule has 0 radical (unpaired) electrons. The highest BCUT2D eigenvalue weighted by Gasteiger charge is 2.45. The lowest BCUT2D eigenvalue weighted by molar-refractivity contribution is -0.135. The van der Waals surface area contributed by atoms with Gasteiger partial charge in [-0.3, -0.25) is 0 Å². The van der Waals surface area contributed by atoms with E-state index in [1.807, 2.05) is 0 Å². The van der Waals surface area contributed by atoms with Crippen LogP contribution in [0.15, 0.2) is 23.1 Å². The summed E-state index contributed by atoms with van der Waals surface area (Å²) in [6, 6.07) is 3.80. The molecule has 1 aliphatic carbocycles. The van der Waals surface area contributed by atoms with E-state index >= 15 is 0 Å². The van der Waals surface area contributed by atoms with E-state index in [0.717, 1.165) is 19.3 Å².